The summed E-state index contributed by atoms with van der Waals surface area (Å²) in [6.07, 6.45) is 3.77. The van der Waals surface area contributed by atoms with Crippen LogP contribution in [0.4, 0.5) is 10.1 Å². The smallest absolute Gasteiger partial charge is 0.232 e. The van der Waals surface area contributed by atoms with Gasteiger partial charge in [-0.1, -0.05) is 24.1 Å². The van der Waals surface area contributed by atoms with Gasteiger partial charge in [-0.25, -0.2) is 12.8 Å². The first kappa shape index (κ1) is 15.5. The number of hydrogen-bond acceptors (Lipinski definition) is 3. The van der Waals surface area contributed by atoms with Crippen LogP contribution in [0.2, 0.25) is 5.02 Å². The van der Waals surface area contributed by atoms with Gasteiger partial charge in [-0.15, -0.1) is 0 Å². The SMILES string of the molecule is O=S(=O)(CCC1CCCCN1)Nc1cccc(Cl)c1F. The highest BCUT2D eigenvalue weighted by atomic mass is 35.5. The van der Waals surface area contributed by atoms with Gasteiger partial charge in [0.05, 0.1) is 16.5 Å². The number of hydrogen-bond donors (Lipinski definition) is 2. The molecule has 1 aliphatic heterocycles. The van der Waals surface area contributed by atoms with E-state index in [0.717, 1.165) is 25.8 Å². The first-order valence-electron chi connectivity index (χ1n) is 6.66. The fourth-order valence-electron chi connectivity index (χ4n) is 2.27. The van der Waals surface area contributed by atoms with E-state index in [9.17, 15) is 12.8 Å². The molecule has 7 heteroatoms. The summed E-state index contributed by atoms with van der Waals surface area (Å²) in [6.45, 7) is 0.932. The Morgan fingerprint density at radius 2 is 2.20 bits per heavy atom. The largest absolute Gasteiger partial charge is 0.314 e. The Kier molecular flexibility index (Phi) is 5.23. The summed E-state index contributed by atoms with van der Waals surface area (Å²) >= 11 is 5.62. The number of rotatable bonds is 5. The maximum Gasteiger partial charge on any atom is 0.232 e. The van der Waals surface area contributed by atoms with E-state index in [1.807, 2.05) is 0 Å². The molecule has 1 saturated heterocycles. The van der Waals surface area contributed by atoms with E-state index in [-0.39, 0.29) is 22.5 Å². The van der Waals surface area contributed by atoms with Gasteiger partial charge in [-0.2, -0.15) is 0 Å². The van der Waals surface area contributed by atoms with Crippen LogP contribution in [0.5, 0.6) is 0 Å². The van der Waals surface area contributed by atoms with Crippen molar-refractivity contribution in [1.82, 2.24) is 5.32 Å². The van der Waals surface area contributed by atoms with Gasteiger partial charge >= 0.3 is 0 Å². The lowest BCUT2D eigenvalue weighted by molar-refractivity contribution is 0.393. The zero-order chi connectivity index (χ0) is 14.6. The third-order valence-corrected chi connectivity index (χ3v) is 4.96. The van der Waals surface area contributed by atoms with Gasteiger partial charge < -0.3 is 5.32 Å². The van der Waals surface area contributed by atoms with E-state index >= 15 is 0 Å². The van der Waals surface area contributed by atoms with Gasteiger partial charge in [0.2, 0.25) is 10.0 Å². The second-order valence-electron chi connectivity index (χ2n) is 4.96. The van der Waals surface area contributed by atoms with Gasteiger partial charge in [0.15, 0.2) is 5.82 Å². The Balaban J connectivity index is 1.94. The van der Waals surface area contributed by atoms with E-state index in [1.54, 1.807) is 0 Å². The average molecular weight is 321 g/mol. The third kappa shape index (κ3) is 4.33. The minimum atomic E-state index is -3.56. The van der Waals surface area contributed by atoms with Crippen molar-refractivity contribution in [2.45, 2.75) is 31.7 Å². The van der Waals surface area contributed by atoms with Crippen LogP contribution in [0.3, 0.4) is 0 Å². The Bertz CT molecular complexity index is 559. The van der Waals surface area contributed by atoms with E-state index in [0.29, 0.717) is 6.42 Å². The molecule has 1 fully saturated rings. The van der Waals surface area contributed by atoms with Gasteiger partial charge in [0, 0.05) is 6.04 Å². The van der Waals surface area contributed by atoms with Crippen molar-refractivity contribution >= 4 is 27.3 Å². The predicted octanol–water partition coefficient (Wildman–Crippen LogP) is 2.75. The lowest BCUT2D eigenvalue weighted by Crippen LogP contribution is -2.36. The van der Waals surface area contributed by atoms with Crippen LogP contribution in [0, 0.1) is 5.82 Å². The second-order valence-corrected chi connectivity index (χ2v) is 7.21. The molecule has 1 aromatic carbocycles. The van der Waals surface area contributed by atoms with E-state index in [1.165, 1.54) is 18.2 Å². The van der Waals surface area contributed by atoms with E-state index in [2.05, 4.69) is 10.0 Å². The summed E-state index contributed by atoms with van der Waals surface area (Å²) in [5, 5.41) is 3.19. The third-order valence-electron chi connectivity index (χ3n) is 3.36. The average Bonchev–Trinajstić information content (AvgIpc) is 2.43. The molecule has 0 radical (unpaired) electrons. The molecule has 0 aliphatic carbocycles. The number of benzene rings is 1. The van der Waals surface area contributed by atoms with Gasteiger partial charge in [0.1, 0.15) is 0 Å². The van der Waals surface area contributed by atoms with Crippen LogP contribution in [0.1, 0.15) is 25.7 Å². The fourth-order valence-corrected chi connectivity index (χ4v) is 3.63. The molecule has 1 aromatic rings. The van der Waals surface area contributed by atoms with Crippen LogP contribution >= 0.6 is 11.6 Å². The van der Waals surface area contributed by atoms with Crippen LogP contribution < -0.4 is 10.0 Å². The topological polar surface area (TPSA) is 58.2 Å². The summed E-state index contributed by atoms with van der Waals surface area (Å²) in [5.41, 5.74) is -0.103. The number of halogens is 2. The minimum absolute atomic E-state index is 0.0311. The summed E-state index contributed by atoms with van der Waals surface area (Å²) in [5.74, 6) is -0.773. The molecule has 0 bridgehead atoms. The van der Waals surface area contributed by atoms with Crippen molar-refractivity contribution in [3.8, 4) is 0 Å². The standard InChI is InChI=1S/C13H18ClFN2O2S/c14-11-5-3-6-12(13(11)15)17-20(18,19)9-7-10-4-1-2-8-16-10/h3,5-6,10,16-17H,1-2,4,7-9H2. The molecule has 2 N–H and O–H groups in total. The normalized spacial score (nSPS) is 19.8. The maximum absolute atomic E-state index is 13.7. The fraction of sp³-hybridized carbons (Fsp3) is 0.538. The van der Waals surface area contributed by atoms with Crippen molar-refractivity contribution in [3.63, 3.8) is 0 Å². The van der Waals surface area contributed by atoms with E-state index < -0.39 is 15.8 Å². The van der Waals surface area contributed by atoms with Crippen molar-refractivity contribution in [1.29, 1.82) is 0 Å². The van der Waals surface area contributed by atoms with Crippen LogP contribution in [0.25, 0.3) is 0 Å². The molecule has 0 amide bonds. The van der Waals surface area contributed by atoms with E-state index in [4.69, 9.17) is 11.6 Å². The molecular weight excluding hydrogens is 303 g/mol. The molecule has 1 atom stereocenters. The molecule has 0 saturated carbocycles. The molecule has 1 heterocycles. The summed E-state index contributed by atoms with van der Waals surface area (Å²) < 4.78 is 39.8. The quantitative estimate of drug-likeness (QED) is 0.877. The van der Waals surface area contributed by atoms with Crippen molar-refractivity contribution in [2.24, 2.45) is 0 Å². The Morgan fingerprint density at radius 3 is 2.90 bits per heavy atom. The molecule has 4 nitrogen and oxygen atoms in total. The molecular formula is C13H18ClFN2O2S. The van der Waals surface area contributed by atoms with Crippen molar-refractivity contribution in [2.75, 3.05) is 17.0 Å². The number of nitrogens with one attached hydrogen (secondary N) is 2. The zero-order valence-electron chi connectivity index (χ0n) is 11.0. The number of piperidine rings is 1. The van der Waals surface area contributed by atoms with Crippen LogP contribution in [-0.4, -0.2) is 26.8 Å². The first-order chi connectivity index (χ1) is 9.48. The summed E-state index contributed by atoms with van der Waals surface area (Å²) in [7, 11) is -3.56. The summed E-state index contributed by atoms with van der Waals surface area (Å²) in [6, 6.07) is 4.47. The highest BCUT2D eigenvalue weighted by Gasteiger charge is 2.19. The first-order valence-corrected chi connectivity index (χ1v) is 8.69. The van der Waals surface area contributed by atoms with Crippen molar-refractivity contribution < 1.29 is 12.8 Å². The molecule has 0 aromatic heterocycles. The monoisotopic (exact) mass is 320 g/mol. The molecule has 0 spiro atoms. The predicted molar refractivity (Wildman–Crippen MR) is 79.1 cm³/mol. The minimum Gasteiger partial charge on any atom is -0.314 e. The zero-order valence-corrected chi connectivity index (χ0v) is 12.6. The lowest BCUT2D eigenvalue weighted by atomic mass is 10.0. The highest BCUT2D eigenvalue weighted by molar-refractivity contribution is 7.92. The molecule has 2 rings (SSSR count). The Labute approximate surface area is 123 Å². The molecule has 20 heavy (non-hydrogen) atoms. The van der Waals surface area contributed by atoms with Gasteiger partial charge in [0.25, 0.3) is 0 Å². The molecule has 1 unspecified atom stereocenters. The lowest BCUT2D eigenvalue weighted by Gasteiger charge is -2.23. The maximum atomic E-state index is 13.7. The van der Waals surface area contributed by atoms with Crippen molar-refractivity contribution in [3.05, 3.63) is 29.0 Å². The number of sulfonamides is 1. The molecule has 112 valence electrons. The Morgan fingerprint density at radius 1 is 1.40 bits per heavy atom. The van der Waals surface area contributed by atoms with Crippen LogP contribution in [0.15, 0.2) is 18.2 Å². The Hall–Kier alpha value is -0.850. The molecule has 1 aliphatic rings. The van der Waals surface area contributed by atoms with Gasteiger partial charge in [-0.05, 0) is 37.9 Å². The number of anilines is 1. The summed E-state index contributed by atoms with van der Waals surface area (Å²) in [4.78, 5) is 0. The van der Waals surface area contributed by atoms with Gasteiger partial charge in [-0.3, -0.25) is 4.72 Å². The van der Waals surface area contributed by atoms with Crippen LogP contribution in [-0.2, 0) is 10.0 Å². The highest BCUT2D eigenvalue weighted by Crippen LogP contribution is 2.23. The second kappa shape index (κ2) is 6.74.